The third-order valence-corrected chi connectivity index (χ3v) is 0. The van der Waals surface area contributed by atoms with Gasteiger partial charge < -0.3 is 29.0 Å². The Labute approximate surface area is 64.6 Å². The van der Waals surface area contributed by atoms with Crippen LogP contribution in [0.5, 0.6) is 0 Å². The van der Waals surface area contributed by atoms with E-state index in [0.29, 0.717) is 0 Å². The molecule has 7 heavy (non-hydrogen) atoms. The van der Waals surface area contributed by atoms with E-state index in [1.54, 1.807) is 0 Å². The molecule has 0 unspecified atom stereocenters. The molecule has 0 aliphatic heterocycles. The van der Waals surface area contributed by atoms with Gasteiger partial charge in [-0.3, -0.25) is 0 Å². The summed E-state index contributed by atoms with van der Waals surface area (Å²) in [6.45, 7) is 0. The van der Waals surface area contributed by atoms with Gasteiger partial charge in [0.05, 0.1) is 0 Å². The van der Waals surface area contributed by atoms with Gasteiger partial charge in [0.2, 0.25) is 0 Å². The van der Waals surface area contributed by atoms with Gasteiger partial charge in [0, 0.05) is 0 Å². The summed E-state index contributed by atoms with van der Waals surface area (Å²) in [5.74, 6) is 0. The van der Waals surface area contributed by atoms with E-state index in [4.69, 9.17) is 0 Å². The monoisotopic (exact) mass is 254 g/mol. The van der Waals surface area contributed by atoms with Crippen LogP contribution >= 0.6 is 0 Å². The van der Waals surface area contributed by atoms with E-state index in [9.17, 15) is 0 Å². The van der Waals surface area contributed by atoms with Crippen molar-refractivity contribution >= 4 is 0 Å². The molecule has 0 aromatic heterocycles. The van der Waals surface area contributed by atoms with Crippen molar-refractivity contribution in [1.82, 2.24) is 0 Å². The third kappa shape index (κ3) is 243. The van der Waals surface area contributed by atoms with Crippen molar-refractivity contribution in [2.75, 3.05) is 0 Å². The minimum absolute atomic E-state index is 0. The number of halogens is 5. The molecule has 0 radical (unpaired) electrons. The van der Waals surface area contributed by atoms with E-state index >= 15 is 0 Å². The van der Waals surface area contributed by atoms with Crippen molar-refractivity contribution in [3.8, 4) is 0 Å². The van der Waals surface area contributed by atoms with Gasteiger partial charge in [0.1, 0.15) is 0 Å². The molecule has 7 heteroatoms. The normalized spacial score (nSPS) is 0. The number of rotatable bonds is 0. The van der Waals surface area contributed by atoms with Gasteiger partial charge in [-0.15, -0.1) is 0 Å². The molecule has 0 bridgehead atoms. The Hall–Kier alpha value is 0.805. The summed E-state index contributed by atoms with van der Waals surface area (Å²) in [6.07, 6.45) is 0. The van der Waals surface area contributed by atoms with Crippen molar-refractivity contribution in [2.24, 2.45) is 0 Å². The molecule has 0 amide bonds. The maximum atomic E-state index is 0. The SMILES string of the molecule is [F-].[F-].[F-].[F-].[F-].[La+3].[OH4+2]. The van der Waals surface area contributed by atoms with Crippen LogP contribution in [0.2, 0.25) is 0 Å². The molecule has 0 atom stereocenters. The molecule has 0 aliphatic rings. The van der Waals surface area contributed by atoms with Gasteiger partial charge in [0.15, 0.2) is 0 Å². The molecule has 4 N–H and O–H groups in total. The smallest absolute Gasteiger partial charge is 1.00 e. The third-order valence-electron chi connectivity index (χ3n) is 0. The molecule has 0 rings (SSSR count). The maximum absolute atomic E-state index is 0. The molecule has 0 aromatic rings. The van der Waals surface area contributed by atoms with Crippen LogP contribution in [-0.4, -0.2) is 0 Å². The topological polar surface area (TPSA) is 34.5 Å². The van der Waals surface area contributed by atoms with Crippen LogP contribution in [0.3, 0.4) is 0 Å². The van der Waals surface area contributed by atoms with Crippen LogP contribution in [0.15, 0.2) is 0 Å². The minimum atomic E-state index is 0. The first-order valence-electron chi connectivity index (χ1n) is 0. The summed E-state index contributed by atoms with van der Waals surface area (Å²) in [5.41, 5.74) is 0. The van der Waals surface area contributed by atoms with Crippen LogP contribution < -0.4 is 23.5 Å². The quantitative estimate of drug-likeness (QED) is 0.385. The summed E-state index contributed by atoms with van der Waals surface area (Å²) >= 11 is 0. The van der Waals surface area contributed by atoms with E-state index in [1.165, 1.54) is 0 Å². The molecule has 0 aliphatic carbocycles. The van der Waals surface area contributed by atoms with E-state index in [-0.39, 0.29) is 64.6 Å². The van der Waals surface area contributed by atoms with Crippen LogP contribution in [-0.2, 0) is 5.48 Å². The average molecular weight is 254 g/mol. The van der Waals surface area contributed by atoms with Crippen LogP contribution in [0.1, 0.15) is 0 Å². The largest absolute Gasteiger partial charge is 3.00 e. The van der Waals surface area contributed by atoms with E-state index in [2.05, 4.69) is 0 Å². The molecular weight excluding hydrogens is 250 g/mol. The zero-order valence-corrected chi connectivity index (χ0v) is 6.80. The van der Waals surface area contributed by atoms with Crippen LogP contribution in [0, 0.1) is 35.6 Å². The Morgan fingerprint density at radius 3 is 0.429 bits per heavy atom. The molecule has 0 aromatic carbocycles. The van der Waals surface area contributed by atoms with Crippen molar-refractivity contribution in [3.63, 3.8) is 0 Å². The van der Waals surface area contributed by atoms with Gasteiger partial charge in [-0.1, -0.05) is 0 Å². The zero-order chi connectivity index (χ0) is 0. The molecule has 48 valence electrons. The number of hydrogen-bond acceptors (Lipinski definition) is 0. The van der Waals surface area contributed by atoms with Crippen LogP contribution in [0.4, 0.5) is 0 Å². The summed E-state index contributed by atoms with van der Waals surface area (Å²) in [6, 6.07) is 0. The van der Waals surface area contributed by atoms with Gasteiger partial charge in [-0.25, -0.2) is 0 Å². The Kier molecular flexibility index (Phi) is 28200. The molecule has 0 spiro atoms. The maximum Gasteiger partial charge on any atom is 3.00 e. The number of hydrogen-bond donors (Lipinski definition) is 0. The predicted molar refractivity (Wildman–Crippen MR) is 6.27 cm³/mol. The van der Waals surface area contributed by atoms with Crippen molar-refractivity contribution in [2.45, 2.75) is 0 Å². The fraction of sp³-hybridized carbons (Fsp3) is 0. The molecule has 0 saturated heterocycles. The van der Waals surface area contributed by atoms with Crippen LogP contribution in [0.25, 0.3) is 0 Å². The second-order valence-electron chi connectivity index (χ2n) is 0. The van der Waals surface area contributed by atoms with Gasteiger partial charge in [-0.2, -0.15) is 0 Å². The van der Waals surface area contributed by atoms with Crippen molar-refractivity contribution in [3.05, 3.63) is 0 Å². The summed E-state index contributed by atoms with van der Waals surface area (Å²) in [7, 11) is 0. The Balaban J connectivity index is 0. The minimum Gasteiger partial charge on any atom is -1.00 e. The summed E-state index contributed by atoms with van der Waals surface area (Å²) < 4.78 is 0. The molecule has 0 heterocycles. The Bertz CT molecular complexity index is 8.04. The van der Waals surface area contributed by atoms with E-state index in [1.807, 2.05) is 0 Å². The predicted octanol–water partition coefficient (Wildman–Crippen LogP) is -16.2. The zero-order valence-electron chi connectivity index (χ0n) is 3.17. The summed E-state index contributed by atoms with van der Waals surface area (Å²) in [5, 5.41) is 0. The molecule has 0 saturated carbocycles. The fourth-order valence-electron chi connectivity index (χ4n) is 0. The Morgan fingerprint density at radius 2 is 0.429 bits per heavy atom. The Morgan fingerprint density at radius 1 is 0.429 bits per heavy atom. The van der Waals surface area contributed by atoms with Gasteiger partial charge in [0.25, 0.3) is 0 Å². The van der Waals surface area contributed by atoms with E-state index in [0.717, 1.165) is 0 Å². The second-order valence-corrected chi connectivity index (χ2v) is 0. The average Bonchev–Trinajstić information content (AvgIpc) is 0. The first kappa shape index (κ1) is 558. The van der Waals surface area contributed by atoms with Gasteiger partial charge in [-0.05, 0) is 0 Å². The first-order chi connectivity index (χ1) is 0. The molecule has 0 fully saturated rings. The first-order valence-corrected chi connectivity index (χ1v) is 0. The van der Waals surface area contributed by atoms with Crippen molar-refractivity contribution in [1.29, 1.82) is 0 Å². The van der Waals surface area contributed by atoms with E-state index < -0.39 is 0 Å². The second kappa shape index (κ2) is 354. The standard InChI is InChI=1S/5FH.La.H4O/h5*1H;;1H4/q;;;;;+3;+2/p-5. The fourth-order valence-corrected chi connectivity index (χ4v) is 0. The molecular formula is H4F5LaO. The summed E-state index contributed by atoms with van der Waals surface area (Å²) in [4.78, 5) is 0. The molecule has 1 nitrogen and oxygen atoms in total. The van der Waals surface area contributed by atoms with Crippen molar-refractivity contribution < 1.29 is 64.6 Å². The van der Waals surface area contributed by atoms with Gasteiger partial charge >= 0.3 is 35.6 Å².